The van der Waals surface area contributed by atoms with Crippen molar-refractivity contribution in [3.8, 4) is 0 Å². The van der Waals surface area contributed by atoms with Crippen molar-refractivity contribution in [3.63, 3.8) is 0 Å². The van der Waals surface area contributed by atoms with Gasteiger partial charge in [0, 0.05) is 0 Å². The largest absolute Gasteiger partial charge is 0.464 e. The Hall–Kier alpha value is -0.0113. The van der Waals surface area contributed by atoms with Crippen molar-refractivity contribution in [1.29, 1.82) is 0 Å². The molecule has 0 fully saturated rings. The molecule has 0 aromatic heterocycles. The van der Waals surface area contributed by atoms with Gasteiger partial charge in [0.15, 0.2) is 11.2 Å². The van der Waals surface area contributed by atoms with E-state index in [1.165, 1.54) is 64.2 Å². The molecule has 0 aliphatic rings. The van der Waals surface area contributed by atoms with Gasteiger partial charge in [0.25, 0.3) is 0 Å². The fourth-order valence-electron chi connectivity index (χ4n) is 2.85. The van der Waals surface area contributed by atoms with Crippen LogP contribution in [0.25, 0.3) is 0 Å². The quantitative estimate of drug-likeness (QED) is 0.0494. The third-order valence-electron chi connectivity index (χ3n) is 4.80. The normalized spacial score (nSPS) is 10.8. The summed E-state index contributed by atoms with van der Waals surface area (Å²) in [5.41, 5.74) is 0. The average molecular weight is 594 g/mol. The number of unbranched alkanes of at least 4 members (excludes halogenated alkanes) is 11. The van der Waals surface area contributed by atoms with E-state index in [-0.39, 0.29) is 34.2 Å². The van der Waals surface area contributed by atoms with Gasteiger partial charge in [0.2, 0.25) is 0 Å². The first-order chi connectivity index (χ1) is 15.9. The molecule has 33 heavy (non-hydrogen) atoms. The van der Waals surface area contributed by atoms with E-state index in [0.29, 0.717) is 0 Å². The van der Waals surface area contributed by atoms with Crippen LogP contribution in [-0.2, 0) is 14.3 Å². The topological polar surface area (TPSA) is 63.6 Å². The number of carbonyl (C=O) groups is 2. The summed E-state index contributed by atoms with van der Waals surface area (Å²) in [6.45, 7) is 12.1. The van der Waals surface area contributed by atoms with Gasteiger partial charge < -0.3 is 9.84 Å². The van der Waals surface area contributed by atoms with Crippen LogP contribution in [0.1, 0.15) is 124 Å². The van der Waals surface area contributed by atoms with Crippen LogP contribution in [0, 0.1) is 0 Å². The van der Waals surface area contributed by atoms with Crippen LogP contribution >= 0.6 is 12.6 Å². The summed E-state index contributed by atoms with van der Waals surface area (Å²) < 4.78 is 7.98. The third-order valence-corrected chi connectivity index (χ3v) is 9.02. The summed E-state index contributed by atoms with van der Waals surface area (Å²) in [4.78, 5) is 21.3. The summed E-state index contributed by atoms with van der Waals surface area (Å²) in [6.07, 6.45) is 19.6. The first-order valence-electron chi connectivity index (χ1n) is 13.2. The number of aliphatic hydroxyl groups excluding tert-OH is 1. The molecule has 1 atom stereocenters. The zero-order valence-corrected chi connectivity index (χ0v) is 26.0. The van der Waals surface area contributed by atoms with Crippen LogP contribution in [0.15, 0.2) is 12.7 Å². The SMILES string of the molecule is C=CC.CCCCCCC[CH2][Sn][CH2]CCCCCCC.CCCCOC(=O)C(O)CC(=O)S. The minimum absolute atomic E-state index is 0.0736. The van der Waals surface area contributed by atoms with Gasteiger partial charge in [-0.1, -0.05) is 19.4 Å². The van der Waals surface area contributed by atoms with Gasteiger partial charge in [-0.05, 0) is 13.3 Å². The molecule has 6 heteroatoms. The van der Waals surface area contributed by atoms with Crippen molar-refractivity contribution in [2.24, 2.45) is 0 Å². The van der Waals surface area contributed by atoms with E-state index in [0.717, 1.165) is 12.8 Å². The number of esters is 1. The summed E-state index contributed by atoms with van der Waals surface area (Å²) >= 11 is 3.51. The maximum atomic E-state index is 10.9. The van der Waals surface area contributed by atoms with Crippen LogP contribution in [0.3, 0.4) is 0 Å². The van der Waals surface area contributed by atoms with Crippen molar-refractivity contribution in [2.45, 2.75) is 139 Å². The number of ether oxygens (including phenoxy) is 1. The molecule has 1 unspecified atom stereocenters. The van der Waals surface area contributed by atoms with E-state index < -0.39 is 17.2 Å². The predicted molar refractivity (Wildman–Crippen MR) is 148 cm³/mol. The van der Waals surface area contributed by atoms with Crippen LogP contribution in [-0.4, -0.2) is 50.0 Å². The number of carbonyl (C=O) groups excluding carboxylic acids is 2. The zero-order valence-electron chi connectivity index (χ0n) is 22.2. The molecule has 2 radical (unpaired) electrons. The third kappa shape index (κ3) is 39.5. The smallest absolute Gasteiger partial charge is 0.335 e. The summed E-state index contributed by atoms with van der Waals surface area (Å²) in [7, 11) is 0. The Balaban J connectivity index is -0.000000500. The van der Waals surface area contributed by atoms with Crippen LogP contribution < -0.4 is 0 Å². The predicted octanol–water partition coefficient (Wildman–Crippen LogP) is 7.98. The fourth-order valence-corrected chi connectivity index (χ4v) is 6.59. The van der Waals surface area contributed by atoms with Crippen molar-refractivity contribution in [2.75, 3.05) is 6.61 Å². The number of hydrogen-bond donors (Lipinski definition) is 2. The van der Waals surface area contributed by atoms with E-state index in [1.807, 2.05) is 13.8 Å². The molecule has 0 aromatic rings. The van der Waals surface area contributed by atoms with Crippen molar-refractivity contribution in [3.05, 3.63) is 12.7 Å². The Kier molecular flexibility index (Phi) is 38.9. The number of rotatable bonds is 20. The van der Waals surface area contributed by atoms with E-state index in [2.05, 4.69) is 37.8 Å². The van der Waals surface area contributed by atoms with Gasteiger partial charge in [-0.3, -0.25) is 4.79 Å². The van der Waals surface area contributed by atoms with Crippen molar-refractivity contribution >= 4 is 44.9 Å². The zero-order chi connectivity index (χ0) is 25.6. The molecule has 0 saturated carbocycles. The summed E-state index contributed by atoms with van der Waals surface area (Å²) in [6, 6.07) is 0. The molecule has 0 rings (SSSR count). The van der Waals surface area contributed by atoms with Crippen LogP contribution in [0.2, 0.25) is 8.87 Å². The van der Waals surface area contributed by atoms with Crippen LogP contribution in [0.4, 0.5) is 0 Å². The summed E-state index contributed by atoms with van der Waals surface area (Å²) in [5, 5.41) is 8.52. The average Bonchev–Trinajstić information content (AvgIpc) is 2.77. The minimum atomic E-state index is -1.37. The molecule has 1 N–H and O–H groups in total. The van der Waals surface area contributed by atoms with E-state index >= 15 is 0 Å². The van der Waals surface area contributed by atoms with Gasteiger partial charge in [-0.25, -0.2) is 4.79 Å². The van der Waals surface area contributed by atoms with Gasteiger partial charge in [0.1, 0.15) is 0 Å². The second-order valence-electron chi connectivity index (χ2n) is 8.33. The van der Waals surface area contributed by atoms with Crippen LogP contribution in [0.5, 0.6) is 0 Å². The fraction of sp³-hybridized carbons (Fsp3) is 0.852. The van der Waals surface area contributed by atoms with Gasteiger partial charge in [-0.2, -0.15) is 0 Å². The number of aliphatic hydroxyl groups is 1. The number of thiol groups is 1. The molecular weight excluding hydrogens is 539 g/mol. The second kappa shape index (κ2) is 34.2. The number of hydrogen-bond acceptors (Lipinski definition) is 4. The Morgan fingerprint density at radius 3 is 1.64 bits per heavy atom. The van der Waals surface area contributed by atoms with Crippen molar-refractivity contribution in [1.82, 2.24) is 0 Å². The molecular formula is C27H54O4SSn. The van der Waals surface area contributed by atoms with Gasteiger partial charge in [0.05, 0.1) is 13.0 Å². The molecule has 196 valence electrons. The second-order valence-corrected chi connectivity index (χ2v) is 13.1. The summed E-state index contributed by atoms with van der Waals surface area (Å²) in [5.74, 6) is -0.754. The van der Waals surface area contributed by atoms with E-state index in [1.54, 1.807) is 27.8 Å². The Labute approximate surface area is 221 Å². The first kappa shape index (κ1) is 37.5. The van der Waals surface area contributed by atoms with E-state index in [9.17, 15) is 9.59 Å². The maximum absolute atomic E-state index is 10.9. The van der Waals surface area contributed by atoms with E-state index in [4.69, 9.17) is 5.11 Å². The standard InChI is InChI=1S/C8H14O4S.2C8H17.C3H6.Sn/c1-2-3-4-12-8(11)6(9)5-7(10)13;2*1-3-5-7-8-6-4-2;1-3-2;/h6,9H,2-5H2,1H3,(H,10,13);2*1,3-8H2,2H3;3H,1H2,2H3;. The Bertz CT molecular complexity index is 405. The van der Waals surface area contributed by atoms with Gasteiger partial charge >= 0.3 is 127 Å². The molecule has 4 nitrogen and oxygen atoms in total. The first-order valence-corrected chi connectivity index (χ1v) is 17.7. The molecule has 0 saturated heterocycles. The molecule has 0 spiro atoms. The number of allylic oxidation sites excluding steroid dienone is 1. The molecule has 0 aromatic carbocycles. The minimum Gasteiger partial charge on any atom is -0.464 e. The van der Waals surface area contributed by atoms with Crippen molar-refractivity contribution < 1.29 is 19.4 Å². The Morgan fingerprint density at radius 1 is 0.848 bits per heavy atom. The monoisotopic (exact) mass is 594 g/mol. The molecule has 0 aliphatic carbocycles. The maximum Gasteiger partial charge on any atom is 0.335 e. The molecule has 0 amide bonds. The molecule has 0 heterocycles. The molecule has 0 aliphatic heterocycles. The van der Waals surface area contributed by atoms with Gasteiger partial charge in [-0.15, -0.1) is 19.2 Å². The molecule has 0 bridgehead atoms. The Morgan fingerprint density at radius 2 is 1.24 bits per heavy atom.